The van der Waals surface area contributed by atoms with Gasteiger partial charge in [0.1, 0.15) is 6.61 Å². The average molecular weight is 265 g/mol. The van der Waals surface area contributed by atoms with Crippen LogP contribution in [0.25, 0.3) is 0 Å². The number of nitrogens with one attached hydrogen (secondary N) is 1. The Balaban J connectivity index is 2.36. The molecule has 0 saturated carbocycles. The van der Waals surface area contributed by atoms with Gasteiger partial charge in [0, 0.05) is 19.2 Å². The molecule has 1 aromatic carbocycles. The summed E-state index contributed by atoms with van der Waals surface area (Å²) >= 11 is 0. The summed E-state index contributed by atoms with van der Waals surface area (Å²) in [5.74, 6) is -0.407. The Hall–Kier alpha value is -1.88. The zero-order valence-electron chi connectivity index (χ0n) is 11.3. The molecule has 5 heteroatoms. The van der Waals surface area contributed by atoms with Crippen LogP contribution < -0.4 is 5.32 Å². The maximum absolute atomic E-state index is 11.5. The van der Waals surface area contributed by atoms with Crippen LogP contribution in [0.1, 0.15) is 19.4 Å². The molecule has 5 nitrogen and oxygen atoms in total. The highest BCUT2D eigenvalue weighted by atomic mass is 16.6. The molecule has 0 atom stereocenters. The molecule has 0 aromatic heterocycles. The van der Waals surface area contributed by atoms with E-state index < -0.39 is 0 Å². The highest BCUT2D eigenvalue weighted by Crippen LogP contribution is 2.10. The predicted octanol–water partition coefficient (Wildman–Crippen LogP) is 1.77. The lowest BCUT2D eigenvalue weighted by molar-refractivity contribution is -0.144. The van der Waals surface area contributed by atoms with Gasteiger partial charge in [-0.15, -0.1) is 0 Å². The van der Waals surface area contributed by atoms with Gasteiger partial charge in [-0.1, -0.05) is 12.1 Å². The number of anilines is 1. The first-order valence-electron chi connectivity index (χ1n) is 6.21. The van der Waals surface area contributed by atoms with Crippen molar-refractivity contribution in [2.75, 3.05) is 25.1 Å². The van der Waals surface area contributed by atoms with Gasteiger partial charge in [0.2, 0.25) is 5.91 Å². The largest absolute Gasteiger partial charge is 0.463 e. The third-order valence-electron chi connectivity index (χ3n) is 2.32. The fraction of sp³-hybridized carbons (Fsp3) is 0.429. The van der Waals surface area contributed by atoms with Gasteiger partial charge in [0.05, 0.1) is 13.0 Å². The van der Waals surface area contributed by atoms with Crippen molar-refractivity contribution in [2.45, 2.75) is 20.3 Å². The maximum Gasteiger partial charge on any atom is 0.310 e. The van der Waals surface area contributed by atoms with Gasteiger partial charge in [-0.2, -0.15) is 0 Å². The fourth-order valence-electron chi connectivity index (χ4n) is 1.49. The number of carbonyl (C=O) groups excluding carboxylic acids is 2. The number of hydrogen-bond acceptors (Lipinski definition) is 4. The van der Waals surface area contributed by atoms with E-state index in [1.54, 1.807) is 24.3 Å². The fourth-order valence-corrected chi connectivity index (χ4v) is 1.49. The molecule has 1 aromatic rings. The van der Waals surface area contributed by atoms with Gasteiger partial charge < -0.3 is 14.8 Å². The van der Waals surface area contributed by atoms with Crippen molar-refractivity contribution in [3.05, 3.63) is 29.8 Å². The molecule has 1 N–H and O–H groups in total. The molecule has 0 fully saturated rings. The lowest BCUT2D eigenvalue weighted by Crippen LogP contribution is -2.12. The van der Waals surface area contributed by atoms with Crippen molar-refractivity contribution >= 4 is 17.6 Å². The monoisotopic (exact) mass is 265 g/mol. The summed E-state index contributed by atoms with van der Waals surface area (Å²) in [6, 6.07) is 7.08. The van der Waals surface area contributed by atoms with Crippen molar-refractivity contribution < 1.29 is 19.1 Å². The Morgan fingerprint density at radius 3 is 2.42 bits per heavy atom. The van der Waals surface area contributed by atoms with Crippen LogP contribution in [0.2, 0.25) is 0 Å². The first-order chi connectivity index (χ1) is 9.11. The van der Waals surface area contributed by atoms with E-state index in [4.69, 9.17) is 9.47 Å². The van der Waals surface area contributed by atoms with E-state index in [-0.39, 0.29) is 24.9 Å². The number of carbonyl (C=O) groups is 2. The van der Waals surface area contributed by atoms with Crippen LogP contribution in [0.4, 0.5) is 5.69 Å². The molecule has 1 rings (SSSR count). The summed E-state index contributed by atoms with van der Waals surface area (Å²) < 4.78 is 10.1. The van der Waals surface area contributed by atoms with E-state index in [9.17, 15) is 9.59 Å². The van der Waals surface area contributed by atoms with E-state index >= 15 is 0 Å². The van der Waals surface area contributed by atoms with Gasteiger partial charge in [-0.25, -0.2) is 0 Å². The minimum absolute atomic E-state index is 0.122. The van der Waals surface area contributed by atoms with Gasteiger partial charge in [-0.3, -0.25) is 9.59 Å². The quantitative estimate of drug-likeness (QED) is 0.602. The predicted molar refractivity (Wildman–Crippen MR) is 71.9 cm³/mol. The van der Waals surface area contributed by atoms with E-state index in [2.05, 4.69) is 5.32 Å². The SMILES string of the molecule is CCOCCOC(=O)Cc1ccc(NC(C)=O)cc1. The average Bonchev–Trinajstić information content (AvgIpc) is 2.36. The summed E-state index contributed by atoms with van der Waals surface area (Å²) in [4.78, 5) is 22.3. The van der Waals surface area contributed by atoms with E-state index in [0.29, 0.717) is 18.9 Å². The Morgan fingerprint density at radius 1 is 1.16 bits per heavy atom. The van der Waals surface area contributed by atoms with E-state index in [0.717, 1.165) is 5.56 Å². The molecule has 1 amide bonds. The highest BCUT2D eigenvalue weighted by molar-refractivity contribution is 5.88. The first-order valence-corrected chi connectivity index (χ1v) is 6.21. The maximum atomic E-state index is 11.5. The van der Waals surface area contributed by atoms with Crippen LogP contribution in [-0.4, -0.2) is 31.7 Å². The Morgan fingerprint density at radius 2 is 1.84 bits per heavy atom. The molecule has 0 aliphatic heterocycles. The standard InChI is InChI=1S/C14H19NO4/c1-3-18-8-9-19-14(17)10-12-4-6-13(7-5-12)15-11(2)16/h4-7H,3,8-10H2,1-2H3,(H,15,16). The van der Waals surface area contributed by atoms with Crippen molar-refractivity contribution in [3.8, 4) is 0 Å². The first kappa shape index (κ1) is 15.2. The Labute approximate surface area is 112 Å². The summed E-state index contributed by atoms with van der Waals surface area (Å²) in [6.07, 6.45) is 0.215. The van der Waals surface area contributed by atoms with Crippen LogP contribution >= 0.6 is 0 Å². The van der Waals surface area contributed by atoms with Crippen molar-refractivity contribution in [2.24, 2.45) is 0 Å². The molecule has 19 heavy (non-hydrogen) atoms. The van der Waals surface area contributed by atoms with E-state index in [1.807, 2.05) is 6.92 Å². The molecule has 0 heterocycles. The van der Waals surface area contributed by atoms with Crippen LogP contribution in [0.3, 0.4) is 0 Å². The minimum atomic E-state index is -0.285. The second-order valence-corrected chi connectivity index (χ2v) is 3.97. The zero-order valence-corrected chi connectivity index (χ0v) is 11.3. The second kappa shape index (κ2) is 8.26. The minimum Gasteiger partial charge on any atom is -0.463 e. The van der Waals surface area contributed by atoms with Crippen LogP contribution in [-0.2, 0) is 25.5 Å². The van der Waals surface area contributed by atoms with Gasteiger partial charge in [-0.05, 0) is 24.6 Å². The topological polar surface area (TPSA) is 64.6 Å². The number of ether oxygens (including phenoxy) is 2. The normalized spacial score (nSPS) is 10.0. The summed E-state index contributed by atoms with van der Waals surface area (Å²) in [5, 5.41) is 2.66. The molecular formula is C14H19NO4. The second-order valence-electron chi connectivity index (χ2n) is 3.97. The third-order valence-corrected chi connectivity index (χ3v) is 2.32. The van der Waals surface area contributed by atoms with Crippen LogP contribution in [0.5, 0.6) is 0 Å². The molecule has 0 saturated heterocycles. The smallest absolute Gasteiger partial charge is 0.310 e. The molecular weight excluding hydrogens is 246 g/mol. The lowest BCUT2D eigenvalue weighted by atomic mass is 10.1. The summed E-state index contributed by atoms with van der Waals surface area (Å²) in [7, 11) is 0. The molecule has 0 radical (unpaired) electrons. The van der Waals surface area contributed by atoms with E-state index in [1.165, 1.54) is 6.92 Å². The lowest BCUT2D eigenvalue weighted by Gasteiger charge is -2.06. The number of esters is 1. The van der Waals surface area contributed by atoms with Crippen LogP contribution in [0.15, 0.2) is 24.3 Å². The van der Waals surface area contributed by atoms with Crippen molar-refractivity contribution in [1.82, 2.24) is 0 Å². The van der Waals surface area contributed by atoms with Gasteiger partial charge >= 0.3 is 5.97 Å². The number of amides is 1. The summed E-state index contributed by atoms with van der Waals surface area (Å²) in [6.45, 7) is 4.64. The zero-order chi connectivity index (χ0) is 14.1. The molecule has 0 unspecified atom stereocenters. The van der Waals surface area contributed by atoms with Crippen LogP contribution in [0, 0.1) is 0 Å². The Kier molecular flexibility index (Phi) is 6.60. The number of benzene rings is 1. The van der Waals surface area contributed by atoms with Crippen molar-refractivity contribution in [1.29, 1.82) is 0 Å². The molecule has 0 bridgehead atoms. The van der Waals surface area contributed by atoms with Gasteiger partial charge in [0.15, 0.2) is 0 Å². The highest BCUT2D eigenvalue weighted by Gasteiger charge is 2.05. The summed E-state index contributed by atoms with van der Waals surface area (Å²) in [5.41, 5.74) is 1.55. The number of rotatable bonds is 7. The number of hydrogen-bond donors (Lipinski definition) is 1. The molecule has 104 valence electrons. The Bertz CT molecular complexity index is 414. The third kappa shape index (κ3) is 6.57. The van der Waals surface area contributed by atoms with Gasteiger partial charge in [0.25, 0.3) is 0 Å². The molecule has 0 aliphatic carbocycles. The molecule has 0 aliphatic rings. The molecule has 0 spiro atoms. The van der Waals surface area contributed by atoms with Crippen molar-refractivity contribution in [3.63, 3.8) is 0 Å².